The van der Waals surface area contributed by atoms with Gasteiger partial charge in [0.25, 0.3) is 0 Å². The first kappa shape index (κ1) is 68.8. The number of rotatable bonds is 14. The number of fused-ring (bicyclic) bond motifs is 18. The topological polar surface area (TPSA) is 85.3 Å². The number of benzene rings is 19. The maximum Gasteiger partial charge on any atom is 0.144 e. The maximum atomic E-state index is 7.15. The Morgan fingerprint density at radius 3 is 0.754 bits per heavy atom. The van der Waals surface area contributed by atoms with Gasteiger partial charge in [-0.1, -0.05) is 279 Å². The van der Waals surface area contributed by atoms with Crippen molar-refractivity contribution < 1.29 is 26.5 Å². The van der Waals surface area contributed by atoms with Crippen molar-refractivity contribution in [3.63, 3.8) is 0 Å². The van der Waals surface area contributed by atoms with Crippen LogP contribution < -0.4 is 9.80 Å². The van der Waals surface area contributed by atoms with E-state index in [1.165, 1.54) is 0 Å². The van der Waals surface area contributed by atoms with E-state index in [4.69, 9.17) is 26.5 Å². The van der Waals surface area contributed by atoms with Gasteiger partial charge in [-0.15, -0.1) is 0 Å². The normalized spacial score (nSPS) is 11.9. The number of para-hydroxylation sites is 7. The van der Waals surface area contributed by atoms with Gasteiger partial charge in [0.2, 0.25) is 0 Å². The summed E-state index contributed by atoms with van der Waals surface area (Å²) in [6, 6.07) is 147. The van der Waals surface area contributed by atoms with Gasteiger partial charge in [-0.2, -0.15) is 0 Å². The zero-order valence-electron chi connectivity index (χ0n) is 65.6. The van der Waals surface area contributed by atoms with Gasteiger partial charge in [0.15, 0.2) is 0 Å². The fourth-order valence-corrected chi connectivity index (χ4v) is 19.2. The molecule has 0 spiro atoms. The molecule has 6 aromatic heterocycles. The monoisotopic (exact) mass is 1560 g/mol. The molecule has 0 aliphatic rings. The third-order valence-electron chi connectivity index (χ3n) is 24.8. The van der Waals surface area contributed by atoms with Crippen LogP contribution in [0.3, 0.4) is 0 Å². The first-order valence-electron chi connectivity index (χ1n) is 41.3. The van der Waals surface area contributed by atoms with Crippen molar-refractivity contribution in [2.24, 2.45) is 0 Å². The van der Waals surface area contributed by atoms with Crippen LogP contribution in [-0.4, -0.2) is 0 Å². The number of nitrogens with zero attached hydrogens (tertiary/aromatic N) is 2. The van der Waals surface area contributed by atoms with Gasteiger partial charge in [0.05, 0.1) is 0 Å². The van der Waals surface area contributed by atoms with Crippen molar-refractivity contribution in [2.45, 2.75) is 0 Å². The molecule has 25 aromatic rings. The van der Waals surface area contributed by atoms with Crippen molar-refractivity contribution in [1.82, 2.24) is 0 Å². The van der Waals surface area contributed by atoms with Crippen molar-refractivity contribution in [1.29, 1.82) is 0 Å². The Labute approximate surface area is 699 Å². The minimum absolute atomic E-state index is 0.787. The Balaban J connectivity index is 0.566. The van der Waals surface area contributed by atoms with E-state index in [1.54, 1.807) is 0 Å². The highest BCUT2D eigenvalue weighted by Gasteiger charge is 2.26. The lowest BCUT2D eigenvalue weighted by Gasteiger charge is -2.26. The average molecular weight is 1560 g/mol. The maximum absolute atomic E-state index is 7.15. The molecule has 25 rings (SSSR count). The molecule has 0 saturated carbocycles. The Morgan fingerprint density at radius 2 is 0.344 bits per heavy atom. The second-order valence-electron chi connectivity index (χ2n) is 31.5. The zero-order valence-corrected chi connectivity index (χ0v) is 65.6. The molecule has 0 aliphatic heterocycles. The SMILES string of the molecule is c1ccc(-c2cccc3c2oc2ccccc23)c(-c2ccc(N(c3ccc(-c4cccc5oc6ccccc6c45)cc3)c3ccc(-c4ccc(-c5cccc6c5oc5cccc(-c7ccc(N(c8ccc(-c9cccc%10oc%11ccccc%11c9%10)cc8)c8ccc(-c9cccc%10oc%11ccccc%11c9%10)cc8)cc7)c56)c5oc6ccccc6c45)cc3)cc2)c1. The van der Waals surface area contributed by atoms with Crippen LogP contribution in [0.5, 0.6) is 0 Å². The molecule has 19 aromatic carbocycles. The molecule has 0 N–H and O–H groups in total. The molecule has 0 radical (unpaired) electrons. The zero-order chi connectivity index (χ0) is 80.0. The standard InChI is InChI=1S/C114H68N2O6/c1-2-20-87(89-30-13-31-90-88-21-3-8-34-98(88)120-112(89)90)81(19-1)69-43-55-75(56-44-69)115(76-57-45-70(46-58-76)82-26-15-39-103-107(82)93-22-4-9-35-99(93)117-103)80-65-53-74(54-66-80)86-67-68-92(114-111(86)96-25-7-12-38-102(96)121-114)91-32-14-33-97-110-85(29-18-42-106(110)122-113(91)97)73-51-63-79(64-52-73)116(77-59-47-71(48-60-77)83-27-16-40-104-108(83)94-23-5-10-36-100(94)118-104)78-61-49-72(50-62-78)84-28-17-41-105-109(84)95-24-6-11-37-101(95)119-105/h1-68H. The molecule has 0 unspecified atom stereocenters. The van der Waals surface area contributed by atoms with Crippen LogP contribution in [-0.2, 0) is 0 Å². The smallest absolute Gasteiger partial charge is 0.144 e. The van der Waals surface area contributed by atoms with Crippen LogP contribution in [0, 0.1) is 0 Å². The van der Waals surface area contributed by atoms with Crippen molar-refractivity contribution >= 4 is 166 Å². The molecule has 6 heterocycles. The third-order valence-corrected chi connectivity index (χ3v) is 24.8. The quantitative estimate of drug-likeness (QED) is 0.106. The third kappa shape index (κ3) is 11.0. The van der Waals surface area contributed by atoms with E-state index in [0.717, 1.165) is 255 Å². The summed E-state index contributed by atoms with van der Waals surface area (Å²) in [6.07, 6.45) is 0. The van der Waals surface area contributed by atoms with Gasteiger partial charge in [-0.25, -0.2) is 0 Å². The lowest BCUT2D eigenvalue weighted by molar-refractivity contribution is 0.665. The van der Waals surface area contributed by atoms with Crippen molar-refractivity contribution in [3.05, 3.63) is 413 Å². The summed E-state index contributed by atoms with van der Waals surface area (Å²) in [5, 5.41) is 13.0. The van der Waals surface area contributed by atoms with Gasteiger partial charge in [0.1, 0.15) is 67.0 Å². The number of furan rings is 6. The van der Waals surface area contributed by atoms with Crippen LogP contribution in [0.2, 0.25) is 0 Å². The first-order valence-corrected chi connectivity index (χ1v) is 41.3. The molecule has 0 aliphatic carbocycles. The van der Waals surface area contributed by atoms with Crippen LogP contribution in [0.15, 0.2) is 439 Å². The molecule has 0 saturated heterocycles. The second kappa shape index (κ2) is 27.6. The first-order chi connectivity index (χ1) is 60.5. The fourth-order valence-electron chi connectivity index (χ4n) is 19.2. The molecule has 8 heteroatoms. The Morgan fingerprint density at radius 1 is 0.123 bits per heavy atom. The molecular formula is C114H68N2O6. The van der Waals surface area contributed by atoms with Gasteiger partial charge >= 0.3 is 0 Å². The minimum Gasteiger partial charge on any atom is -0.456 e. The number of hydrogen-bond acceptors (Lipinski definition) is 8. The van der Waals surface area contributed by atoms with Crippen molar-refractivity contribution in [2.75, 3.05) is 9.80 Å². The van der Waals surface area contributed by atoms with Crippen molar-refractivity contribution in [3.8, 4) is 89.0 Å². The van der Waals surface area contributed by atoms with Gasteiger partial charge in [0, 0.05) is 115 Å². The molecule has 8 nitrogen and oxygen atoms in total. The van der Waals surface area contributed by atoms with E-state index < -0.39 is 0 Å². The molecule has 0 bridgehead atoms. The largest absolute Gasteiger partial charge is 0.456 e. The van der Waals surface area contributed by atoms with Crippen LogP contribution in [0.25, 0.3) is 221 Å². The van der Waals surface area contributed by atoms with Crippen LogP contribution in [0.4, 0.5) is 34.1 Å². The average Bonchev–Trinajstić information content (AvgIpc) is 1.57. The Hall–Kier alpha value is -16.4. The molecule has 570 valence electrons. The summed E-state index contributed by atoms with van der Waals surface area (Å²) in [5.41, 5.74) is 33.4. The van der Waals surface area contributed by atoms with Crippen LogP contribution in [0.1, 0.15) is 0 Å². The summed E-state index contributed by atoms with van der Waals surface area (Å²) in [5.74, 6) is 0. The second-order valence-corrected chi connectivity index (χ2v) is 31.5. The summed E-state index contributed by atoms with van der Waals surface area (Å²) in [7, 11) is 0. The number of hydrogen-bond donors (Lipinski definition) is 0. The molecule has 0 amide bonds. The molecule has 122 heavy (non-hydrogen) atoms. The fraction of sp³-hybridized carbons (Fsp3) is 0. The molecule has 0 fully saturated rings. The molecular weight excluding hydrogens is 1490 g/mol. The Kier molecular flexibility index (Phi) is 15.6. The molecule has 0 atom stereocenters. The van der Waals surface area contributed by atoms with Crippen LogP contribution >= 0.6 is 0 Å². The van der Waals surface area contributed by atoms with E-state index in [0.29, 0.717) is 0 Å². The summed E-state index contributed by atoms with van der Waals surface area (Å²) >= 11 is 0. The van der Waals surface area contributed by atoms with E-state index in [-0.39, 0.29) is 0 Å². The summed E-state index contributed by atoms with van der Waals surface area (Å²) in [6.45, 7) is 0. The van der Waals surface area contributed by atoms with Gasteiger partial charge in [-0.3, -0.25) is 0 Å². The summed E-state index contributed by atoms with van der Waals surface area (Å²) < 4.78 is 40.0. The van der Waals surface area contributed by atoms with E-state index in [9.17, 15) is 0 Å². The number of anilines is 6. The van der Waals surface area contributed by atoms with E-state index in [1.807, 2.05) is 54.6 Å². The highest BCUT2D eigenvalue weighted by molar-refractivity contribution is 6.22. The highest BCUT2D eigenvalue weighted by atomic mass is 16.3. The summed E-state index contributed by atoms with van der Waals surface area (Å²) in [4.78, 5) is 4.69. The van der Waals surface area contributed by atoms with E-state index in [2.05, 4.69) is 368 Å². The van der Waals surface area contributed by atoms with E-state index >= 15 is 0 Å². The van der Waals surface area contributed by atoms with Gasteiger partial charge < -0.3 is 36.3 Å². The lowest BCUT2D eigenvalue weighted by atomic mass is 9.93. The van der Waals surface area contributed by atoms with Gasteiger partial charge in [-0.05, 0) is 206 Å². The minimum atomic E-state index is 0.787. The highest BCUT2D eigenvalue weighted by Crippen LogP contribution is 2.51. The Bertz CT molecular complexity index is 8330. The predicted molar refractivity (Wildman–Crippen MR) is 503 cm³/mol. The lowest BCUT2D eigenvalue weighted by Crippen LogP contribution is -2.09. The predicted octanol–water partition coefficient (Wildman–Crippen LogP) is 33.4.